The molecule has 21 heavy (non-hydrogen) atoms. The van der Waals surface area contributed by atoms with Crippen LogP contribution in [0.4, 0.5) is 4.79 Å². The van der Waals surface area contributed by atoms with Gasteiger partial charge in [-0.15, -0.1) is 0 Å². The molecule has 0 bridgehead atoms. The Morgan fingerprint density at radius 1 is 1.19 bits per heavy atom. The number of rotatable bonds is 6. The molecule has 0 saturated carbocycles. The third kappa shape index (κ3) is 5.61. The van der Waals surface area contributed by atoms with Gasteiger partial charge in [-0.25, -0.2) is 4.79 Å². The third-order valence-electron chi connectivity index (χ3n) is 3.74. The largest absolute Gasteiger partial charge is 0.481 e. The third-order valence-corrected chi connectivity index (χ3v) is 3.74. The first kappa shape index (κ1) is 17.3. The van der Waals surface area contributed by atoms with Crippen LogP contribution in [0.25, 0.3) is 0 Å². The highest BCUT2D eigenvalue weighted by Crippen LogP contribution is 2.09. The van der Waals surface area contributed by atoms with Crippen molar-refractivity contribution in [3.63, 3.8) is 0 Å². The molecule has 1 heterocycles. The number of urea groups is 1. The number of hydrogen-bond donors (Lipinski definition) is 3. The molecule has 0 aromatic heterocycles. The molecule has 3 N–H and O–H groups in total. The molecule has 1 saturated heterocycles. The summed E-state index contributed by atoms with van der Waals surface area (Å²) in [4.78, 5) is 36.4. The first-order valence-corrected chi connectivity index (χ1v) is 7.51. The van der Waals surface area contributed by atoms with Crippen LogP contribution >= 0.6 is 0 Å². The monoisotopic (exact) mass is 299 g/mol. The Balaban J connectivity index is 2.35. The standard InChI is InChI=1S/C14H25N3O4/c1-3-11(13(19)20)9-15-14(21)16-10(2)12(18)17-7-5-4-6-8-17/h10-11H,3-9H2,1-2H3,(H,19,20)(H2,15,16,21). The Labute approximate surface area is 125 Å². The highest BCUT2D eigenvalue weighted by Gasteiger charge is 2.23. The van der Waals surface area contributed by atoms with Crippen LogP contribution in [-0.4, -0.2) is 53.6 Å². The smallest absolute Gasteiger partial charge is 0.315 e. The van der Waals surface area contributed by atoms with Crippen LogP contribution < -0.4 is 10.6 Å². The minimum absolute atomic E-state index is 0.0578. The lowest BCUT2D eigenvalue weighted by atomic mass is 10.1. The molecular weight excluding hydrogens is 274 g/mol. The summed E-state index contributed by atoms with van der Waals surface area (Å²) < 4.78 is 0. The Bertz CT molecular complexity index is 380. The number of amides is 3. The molecule has 0 aromatic rings. The number of nitrogens with zero attached hydrogens (tertiary/aromatic N) is 1. The summed E-state index contributed by atoms with van der Waals surface area (Å²) in [6.45, 7) is 4.93. The number of carboxylic acid groups (broad SMARTS) is 1. The summed E-state index contributed by atoms with van der Waals surface area (Å²) in [5.74, 6) is -1.63. The quantitative estimate of drug-likeness (QED) is 0.675. The van der Waals surface area contributed by atoms with E-state index >= 15 is 0 Å². The summed E-state index contributed by atoms with van der Waals surface area (Å²) in [6, 6.07) is -1.11. The lowest BCUT2D eigenvalue weighted by Gasteiger charge is -2.29. The number of aliphatic carboxylic acids is 1. The van der Waals surface area contributed by atoms with E-state index < -0.39 is 24.0 Å². The maximum atomic E-state index is 12.1. The predicted molar refractivity (Wildman–Crippen MR) is 77.8 cm³/mol. The van der Waals surface area contributed by atoms with E-state index in [1.54, 1.807) is 18.7 Å². The number of nitrogens with one attached hydrogen (secondary N) is 2. The van der Waals surface area contributed by atoms with E-state index in [1.165, 1.54) is 0 Å². The van der Waals surface area contributed by atoms with Crippen LogP contribution in [0.15, 0.2) is 0 Å². The molecule has 0 aromatic carbocycles. The SMILES string of the molecule is CCC(CNC(=O)NC(C)C(=O)N1CCCCC1)C(=O)O. The second-order valence-electron chi connectivity index (χ2n) is 5.41. The Kier molecular flexibility index (Phi) is 6.98. The van der Waals surface area contributed by atoms with Crippen LogP contribution in [0.2, 0.25) is 0 Å². The van der Waals surface area contributed by atoms with E-state index in [0.717, 1.165) is 32.4 Å². The molecule has 1 aliphatic rings. The Hall–Kier alpha value is -1.79. The van der Waals surface area contributed by atoms with Gasteiger partial charge < -0.3 is 20.6 Å². The Morgan fingerprint density at radius 2 is 1.81 bits per heavy atom. The number of hydrogen-bond acceptors (Lipinski definition) is 3. The molecule has 7 nitrogen and oxygen atoms in total. The van der Waals surface area contributed by atoms with Gasteiger partial charge in [0.2, 0.25) is 5.91 Å². The second-order valence-corrected chi connectivity index (χ2v) is 5.41. The van der Waals surface area contributed by atoms with Gasteiger partial charge in [-0.3, -0.25) is 9.59 Å². The lowest BCUT2D eigenvalue weighted by Crippen LogP contribution is -2.51. The maximum absolute atomic E-state index is 12.1. The van der Waals surface area contributed by atoms with Crippen LogP contribution in [-0.2, 0) is 9.59 Å². The molecule has 2 atom stereocenters. The fraction of sp³-hybridized carbons (Fsp3) is 0.786. The molecule has 1 rings (SSSR count). The molecule has 1 aliphatic heterocycles. The van der Waals surface area contributed by atoms with E-state index in [-0.39, 0.29) is 12.5 Å². The van der Waals surface area contributed by atoms with Crippen molar-refractivity contribution in [1.82, 2.24) is 15.5 Å². The maximum Gasteiger partial charge on any atom is 0.315 e. The summed E-state index contributed by atoms with van der Waals surface area (Å²) in [7, 11) is 0. The van der Waals surface area contributed by atoms with Gasteiger partial charge in [0.15, 0.2) is 0 Å². The molecule has 7 heteroatoms. The van der Waals surface area contributed by atoms with Crippen molar-refractivity contribution in [2.75, 3.05) is 19.6 Å². The van der Waals surface area contributed by atoms with Crippen molar-refractivity contribution in [3.05, 3.63) is 0 Å². The average molecular weight is 299 g/mol. The van der Waals surface area contributed by atoms with Gasteiger partial charge in [0.05, 0.1) is 5.92 Å². The van der Waals surface area contributed by atoms with Crippen molar-refractivity contribution >= 4 is 17.9 Å². The van der Waals surface area contributed by atoms with Crippen LogP contribution in [0.1, 0.15) is 39.5 Å². The van der Waals surface area contributed by atoms with E-state index in [2.05, 4.69) is 10.6 Å². The minimum atomic E-state index is -0.935. The molecule has 3 amide bonds. The summed E-state index contributed by atoms with van der Waals surface area (Å²) >= 11 is 0. The Morgan fingerprint density at radius 3 is 2.33 bits per heavy atom. The lowest BCUT2D eigenvalue weighted by molar-refractivity contribution is -0.141. The van der Waals surface area contributed by atoms with Crippen LogP contribution in [0.5, 0.6) is 0 Å². The van der Waals surface area contributed by atoms with Gasteiger partial charge >= 0.3 is 12.0 Å². The molecule has 0 aliphatic carbocycles. The zero-order valence-corrected chi connectivity index (χ0v) is 12.7. The van der Waals surface area contributed by atoms with Gasteiger partial charge in [0.25, 0.3) is 0 Å². The average Bonchev–Trinajstić information content (AvgIpc) is 2.47. The van der Waals surface area contributed by atoms with Gasteiger partial charge in [-0.2, -0.15) is 0 Å². The second kappa shape index (κ2) is 8.49. The van der Waals surface area contributed by atoms with Gasteiger partial charge in [-0.1, -0.05) is 6.92 Å². The first-order chi connectivity index (χ1) is 9.95. The molecule has 2 unspecified atom stereocenters. The fourth-order valence-electron chi connectivity index (χ4n) is 2.32. The molecule has 0 radical (unpaired) electrons. The predicted octanol–water partition coefficient (Wildman–Crippen LogP) is 0.797. The highest BCUT2D eigenvalue weighted by atomic mass is 16.4. The van der Waals surface area contributed by atoms with Crippen LogP contribution in [0, 0.1) is 5.92 Å². The normalized spacial score (nSPS) is 17.7. The van der Waals surface area contributed by atoms with Crippen molar-refractivity contribution in [1.29, 1.82) is 0 Å². The summed E-state index contributed by atoms with van der Waals surface area (Å²) in [5.41, 5.74) is 0. The number of likely N-dealkylation sites (tertiary alicyclic amines) is 1. The number of carboxylic acids is 1. The minimum Gasteiger partial charge on any atom is -0.481 e. The van der Waals surface area contributed by atoms with Crippen molar-refractivity contribution in [2.24, 2.45) is 5.92 Å². The zero-order valence-electron chi connectivity index (χ0n) is 12.7. The summed E-state index contributed by atoms with van der Waals surface area (Å²) in [5, 5.41) is 14.0. The summed E-state index contributed by atoms with van der Waals surface area (Å²) in [6.07, 6.45) is 3.58. The number of piperidine rings is 1. The molecule has 120 valence electrons. The van der Waals surface area contributed by atoms with E-state index in [9.17, 15) is 14.4 Å². The molecule has 1 fully saturated rings. The highest BCUT2D eigenvalue weighted by molar-refractivity contribution is 5.86. The number of carbonyl (C=O) groups excluding carboxylic acids is 2. The first-order valence-electron chi connectivity index (χ1n) is 7.51. The van der Waals surface area contributed by atoms with Gasteiger partial charge in [-0.05, 0) is 32.6 Å². The molecular formula is C14H25N3O4. The topological polar surface area (TPSA) is 98.7 Å². The van der Waals surface area contributed by atoms with Crippen molar-refractivity contribution in [2.45, 2.75) is 45.6 Å². The number of carbonyl (C=O) groups is 3. The molecule has 0 spiro atoms. The van der Waals surface area contributed by atoms with E-state index in [1.807, 2.05) is 0 Å². The van der Waals surface area contributed by atoms with Crippen molar-refractivity contribution < 1.29 is 19.5 Å². The van der Waals surface area contributed by atoms with Gasteiger partial charge in [0, 0.05) is 19.6 Å². The zero-order chi connectivity index (χ0) is 15.8. The van der Waals surface area contributed by atoms with Gasteiger partial charge in [0.1, 0.15) is 6.04 Å². The van der Waals surface area contributed by atoms with Crippen LogP contribution in [0.3, 0.4) is 0 Å². The van der Waals surface area contributed by atoms with Crippen molar-refractivity contribution in [3.8, 4) is 0 Å². The van der Waals surface area contributed by atoms with E-state index in [4.69, 9.17) is 5.11 Å². The van der Waals surface area contributed by atoms with E-state index in [0.29, 0.717) is 6.42 Å². The fourth-order valence-corrected chi connectivity index (χ4v) is 2.32.